The van der Waals surface area contributed by atoms with Gasteiger partial charge in [-0.3, -0.25) is 4.57 Å². The summed E-state index contributed by atoms with van der Waals surface area (Å²) in [5, 5.41) is 23.5. The first kappa shape index (κ1) is 20.4. The minimum atomic E-state index is 0. The summed E-state index contributed by atoms with van der Waals surface area (Å²) in [5.74, 6) is 1.86. The van der Waals surface area contributed by atoms with E-state index in [9.17, 15) is 5.26 Å². The third-order valence-corrected chi connectivity index (χ3v) is 4.61. The summed E-state index contributed by atoms with van der Waals surface area (Å²) in [6.45, 7) is 0.495. The molecule has 4 rings (SSSR count). The molecule has 0 atom stereocenters. The van der Waals surface area contributed by atoms with E-state index in [1.165, 1.54) is 0 Å². The van der Waals surface area contributed by atoms with Crippen LogP contribution in [0.15, 0.2) is 55.1 Å². The summed E-state index contributed by atoms with van der Waals surface area (Å²) in [6.07, 6.45) is 5.14. The van der Waals surface area contributed by atoms with E-state index in [1.807, 2.05) is 24.3 Å². The number of hydrogen-bond donors (Lipinski definition) is 1. The maximum atomic E-state index is 9.28. The van der Waals surface area contributed by atoms with Gasteiger partial charge >= 0.3 is 0 Å². The van der Waals surface area contributed by atoms with Gasteiger partial charge in [-0.15, -0.1) is 22.6 Å². The zero-order valence-corrected chi connectivity index (χ0v) is 16.9. The van der Waals surface area contributed by atoms with Crippen LogP contribution in [0.2, 0.25) is 5.02 Å². The molecule has 4 aromatic rings. The Kier molecular flexibility index (Phi) is 6.17. The fourth-order valence-corrected chi connectivity index (χ4v) is 3.20. The van der Waals surface area contributed by atoms with Gasteiger partial charge in [-0.2, -0.15) is 5.26 Å². The molecular weight excluding hydrogens is 411 g/mol. The lowest BCUT2D eigenvalue weighted by atomic mass is 10.1. The van der Waals surface area contributed by atoms with Gasteiger partial charge in [0.25, 0.3) is 0 Å². The fraction of sp³-hybridized carbons (Fsp3) is 0.100. The van der Waals surface area contributed by atoms with Crippen LogP contribution < -0.4 is 10.1 Å². The van der Waals surface area contributed by atoms with E-state index >= 15 is 0 Å². The van der Waals surface area contributed by atoms with Crippen molar-refractivity contribution in [3.05, 3.63) is 71.3 Å². The highest BCUT2D eigenvalue weighted by atomic mass is 35.5. The summed E-state index contributed by atoms with van der Waals surface area (Å²) < 4.78 is 6.97. The molecule has 29 heavy (non-hydrogen) atoms. The second-order valence-electron chi connectivity index (χ2n) is 6.04. The second-order valence-corrected chi connectivity index (χ2v) is 6.44. The number of anilines is 1. The normalized spacial score (nSPS) is 10.2. The molecule has 0 aliphatic heterocycles. The van der Waals surface area contributed by atoms with Gasteiger partial charge in [0.1, 0.15) is 12.1 Å². The number of imidazole rings is 1. The van der Waals surface area contributed by atoms with Crippen LogP contribution in [-0.4, -0.2) is 26.9 Å². The van der Waals surface area contributed by atoms with Crippen LogP contribution in [0.25, 0.3) is 16.6 Å². The van der Waals surface area contributed by atoms with Gasteiger partial charge in [-0.05, 0) is 35.9 Å². The number of fused-ring (bicyclic) bond motifs is 1. The van der Waals surface area contributed by atoms with Gasteiger partial charge < -0.3 is 10.1 Å². The largest absolute Gasteiger partial charge is 0.495 e. The predicted molar refractivity (Wildman–Crippen MR) is 114 cm³/mol. The number of halogens is 2. The zero-order valence-electron chi connectivity index (χ0n) is 15.3. The Morgan fingerprint density at radius 2 is 2.03 bits per heavy atom. The molecule has 9 heteroatoms. The third kappa shape index (κ3) is 4.09. The Hall–Kier alpha value is -3.34. The molecule has 0 aliphatic carbocycles. The van der Waals surface area contributed by atoms with Crippen molar-refractivity contribution in [3.8, 4) is 17.6 Å². The van der Waals surface area contributed by atoms with Gasteiger partial charge in [-0.1, -0.05) is 17.7 Å². The lowest BCUT2D eigenvalue weighted by Gasteiger charge is -2.12. The summed E-state index contributed by atoms with van der Waals surface area (Å²) in [5.41, 5.74) is 1.52. The average molecular weight is 427 g/mol. The van der Waals surface area contributed by atoms with Gasteiger partial charge in [0, 0.05) is 29.7 Å². The molecule has 0 radical (unpaired) electrons. The van der Waals surface area contributed by atoms with Crippen molar-refractivity contribution in [3.63, 3.8) is 0 Å². The molecule has 146 valence electrons. The van der Waals surface area contributed by atoms with Crippen LogP contribution in [0.5, 0.6) is 5.75 Å². The van der Waals surface area contributed by atoms with Crippen LogP contribution in [0, 0.1) is 11.3 Å². The Labute approximate surface area is 178 Å². The number of hydrogen-bond acceptors (Lipinski definition) is 6. The van der Waals surface area contributed by atoms with Crippen LogP contribution in [0.3, 0.4) is 0 Å². The van der Waals surface area contributed by atoms with Crippen molar-refractivity contribution in [2.45, 2.75) is 6.54 Å². The highest BCUT2D eigenvalue weighted by Gasteiger charge is 2.12. The highest BCUT2D eigenvalue weighted by Crippen LogP contribution is 2.28. The minimum Gasteiger partial charge on any atom is -0.495 e. The quantitative estimate of drug-likeness (QED) is 0.509. The van der Waals surface area contributed by atoms with Crippen molar-refractivity contribution in [1.29, 1.82) is 5.26 Å². The van der Waals surface area contributed by atoms with Gasteiger partial charge in [0.2, 0.25) is 0 Å². The minimum absolute atomic E-state index is 0. The van der Waals surface area contributed by atoms with E-state index in [2.05, 4.69) is 26.6 Å². The van der Waals surface area contributed by atoms with E-state index in [0.717, 1.165) is 16.3 Å². The Balaban J connectivity index is 0.00000240. The molecule has 0 saturated heterocycles. The first-order valence-corrected chi connectivity index (χ1v) is 8.82. The maximum Gasteiger partial charge on any atom is 0.168 e. The molecule has 2 aromatic carbocycles. The maximum absolute atomic E-state index is 9.28. The predicted octanol–water partition coefficient (Wildman–Crippen LogP) is 4.38. The monoisotopic (exact) mass is 426 g/mol. The van der Waals surface area contributed by atoms with Crippen LogP contribution in [0.4, 0.5) is 5.82 Å². The standard InChI is InChI=1S/C20H15ClN6O.ClH/c1-28-18-5-3-14(9-17(18)21)11-24-19-16-8-13(10-22)2-4-15(16)20(26-25-19)27-7-6-23-12-27;/h2-9,12H,11H2,1H3,(H,24,25);1H. The van der Waals surface area contributed by atoms with Crippen molar-refractivity contribution in [2.24, 2.45) is 0 Å². The number of nitrogens with one attached hydrogen (secondary N) is 1. The first-order valence-electron chi connectivity index (χ1n) is 8.45. The zero-order chi connectivity index (χ0) is 19.5. The van der Waals surface area contributed by atoms with E-state index < -0.39 is 0 Å². The molecule has 2 aromatic heterocycles. The summed E-state index contributed by atoms with van der Waals surface area (Å²) in [6, 6.07) is 13.2. The fourth-order valence-electron chi connectivity index (χ4n) is 2.92. The van der Waals surface area contributed by atoms with Crippen molar-refractivity contribution < 1.29 is 4.74 Å². The van der Waals surface area contributed by atoms with E-state index in [4.69, 9.17) is 16.3 Å². The molecule has 0 unspecified atom stereocenters. The van der Waals surface area contributed by atoms with Crippen molar-refractivity contribution in [2.75, 3.05) is 12.4 Å². The third-order valence-electron chi connectivity index (χ3n) is 4.31. The number of ether oxygens (including phenoxy) is 1. The first-order chi connectivity index (χ1) is 13.7. The second kappa shape index (κ2) is 8.78. The smallest absolute Gasteiger partial charge is 0.168 e. The molecule has 0 spiro atoms. The van der Waals surface area contributed by atoms with E-state index in [0.29, 0.717) is 34.5 Å². The van der Waals surface area contributed by atoms with Crippen LogP contribution in [0.1, 0.15) is 11.1 Å². The molecule has 7 nitrogen and oxygen atoms in total. The SMILES string of the molecule is COc1ccc(CNc2nnc(-n3ccnc3)c3ccc(C#N)cc23)cc1Cl.Cl. The Morgan fingerprint density at radius 1 is 1.17 bits per heavy atom. The number of aromatic nitrogens is 4. The molecule has 0 bridgehead atoms. The molecule has 2 heterocycles. The van der Waals surface area contributed by atoms with Crippen LogP contribution in [-0.2, 0) is 6.54 Å². The van der Waals surface area contributed by atoms with Gasteiger partial charge in [-0.25, -0.2) is 4.98 Å². The number of nitriles is 1. The number of rotatable bonds is 5. The lowest BCUT2D eigenvalue weighted by molar-refractivity contribution is 0.415. The number of benzene rings is 2. The summed E-state index contributed by atoms with van der Waals surface area (Å²) in [4.78, 5) is 4.06. The molecule has 0 aliphatic rings. The van der Waals surface area contributed by atoms with Gasteiger partial charge in [0.05, 0.1) is 23.8 Å². The molecule has 1 N–H and O–H groups in total. The van der Waals surface area contributed by atoms with Crippen molar-refractivity contribution >= 4 is 40.6 Å². The highest BCUT2D eigenvalue weighted by molar-refractivity contribution is 6.32. The van der Waals surface area contributed by atoms with E-state index in [-0.39, 0.29) is 12.4 Å². The summed E-state index contributed by atoms with van der Waals surface area (Å²) >= 11 is 6.20. The molecular formula is C20H16Cl2N6O. The Bertz CT molecular complexity index is 1190. The molecule has 0 saturated carbocycles. The summed E-state index contributed by atoms with van der Waals surface area (Å²) in [7, 11) is 1.58. The number of nitrogens with zero attached hydrogens (tertiary/aromatic N) is 5. The molecule has 0 fully saturated rings. The topological polar surface area (TPSA) is 88.7 Å². The van der Waals surface area contributed by atoms with Crippen LogP contribution >= 0.6 is 24.0 Å². The van der Waals surface area contributed by atoms with Crippen molar-refractivity contribution in [1.82, 2.24) is 19.7 Å². The Morgan fingerprint density at radius 3 is 2.72 bits per heavy atom. The van der Waals surface area contributed by atoms with Gasteiger partial charge in [0.15, 0.2) is 11.6 Å². The average Bonchev–Trinajstić information content (AvgIpc) is 3.26. The molecule has 0 amide bonds. The van der Waals surface area contributed by atoms with E-state index in [1.54, 1.807) is 42.5 Å². The lowest BCUT2D eigenvalue weighted by Crippen LogP contribution is -2.06. The number of methoxy groups -OCH3 is 1.